The van der Waals surface area contributed by atoms with Gasteiger partial charge in [-0.05, 0) is 0 Å². The van der Waals surface area contributed by atoms with Crippen molar-refractivity contribution in [1.29, 1.82) is 0 Å². The van der Waals surface area contributed by atoms with E-state index >= 15 is 0 Å². The molecule has 14 heavy (non-hydrogen) atoms. The third-order valence-electron chi connectivity index (χ3n) is 1.54. The number of rotatable bonds is 3. The molecule has 2 aromatic heterocycles. The van der Waals surface area contributed by atoms with Gasteiger partial charge >= 0.3 is 0 Å². The molecule has 0 aliphatic rings. The third kappa shape index (κ3) is 2.26. The van der Waals surface area contributed by atoms with Crippen LogP contribution in [0.2, 0.25) is 4.47 Å². The molecule has 0 aliphatic heterocycles. The molecular weight excluding hydrogens is 240 g/mol. The largest absolute Gasteiger partial charge is 0.312 e. The molecule has 0 amide bonds. The molecule has 2 heterocycles. The first-order valence-electron chi connectivity index (χ1n) is 3.82. The molecule has 0 spiro atoms. The molecule has 0 aliphatic carbocycles. The van der Waals surface area contributed by atoms with E-state index in [0.717, 1.165) is 16.6 Å². The first kappa shape index (κ1) is 9.95. The number of thiazole rings is 1. The highest BCUT2D eigenvalue weighted by Gasteiger charge is 2.04. The predicted octanol–water partition coefficient (Wildman–Crippen LogP) is 2.22. The lowest BCUT2D eigenvalue weighted by Crippen LogP contribution is -1.89. The lowest BCUT2D eigenvalue weighted by molar-refractivity contribution is 0.788. The number of hydrogen-bond acceptors (Lipinski definition) is 5. The molecule has 4 nitrogen and oxygen atoms in total. The fraction of sp³-hybridized carbons (Fsp3) is 0.286. The standard InChI is InChI=1S/C7H7ClN4S2/c1-12-4-9-11-7(12)14-3-5-2-13-6(8)10-5/h2,4H,3H2,1H3. The number of nitrogens with zero attached hydrogens (tertiary/aromatic N) is 4. The Morgan fingerprint density at radius 1 is 1.64 bits per heavy atom. The third-order valence-corrected chi connectivity index (χ3v) is 3.64. The van der Waals surface area contributed by atoms with Crippen molar-refractivity contribution < 1.29 is 0 Å². The van der Waals surface area contributed by atoms with Gasteiger partial charge in [0, 0.05) is 18.2 Å². The molecule has 74 valence electrons. The van der Waals surface area contributed by atoms with Crippen LogP contribution in [0.3, 0.4) is 0 Å². The predicted molar refractivity (Wildman–Crippen MR) is 57.7 cm³/mol. The normalized spacial score (nSPS) is 10.7. The average Bonchev–Trinajstić information content (AvgIpc) is 2.72. The van der Waals surface area contributed by atoms with E-state index in [1.807, 2.05) is 17.0 Å². The van der Waals surface area contributed by atoms with Crippen LogP contribution < -0.4 is 0 Å². The first-order valence-corrected chi connectivity index (χ1v) is 6.07. The molecule has 0 aromatic carbocycles. The zero-order valence-electron chi connectivity index (χ0n) is 7.35. The minimum absolute atomic E-state index is 0.582. The van der Waals surface area contributed by atoms with E-state index in [2.05, 4.69) is 15.2 Å². The summed E-state index contributed by atoms with van der Waals surface area (Å²) in [6, 6.07) is 0. The van der Waals surface area contributed by atoms with Crippen molar-refractivity contribution in [3.63, 3.8) is 0 Å². The Kier molecular flexibility index (Phi) is 3.05. The van der Waals surface area contributed by atoms with E-state index < -0.39 is 0 Å². The van der Waals surface area contributed by atoms with Crippen LogP contribution in [0, 0.1) is 0 Å². The van der Waals surface area contributed by atoms with Gasteiger partial charge in [0.15, 0.2) is 9.62 Å². The van der Waals surface area contributed by atoms with Gasteiger partial charge in [0.2, 0.25) is 0 Å². The van der Waals surface area contributed by atoms with Gasteiger partial charge in [-0.25, -0.2) is 4.98 Å². The Hall–Kier alpha value is -0.590. The monoisotopic (exact) mass is 246 g/mol. The first-order chi connectivity index (χ1) is 6.75. The van der Waals surface area contributed by atoms with Gasteiger partial charge < -0.3 is 4.57 Å². The van der Waals surface area contributed by atoms with E-state index in [4.69, 9.17) is 11.6 Å². The molecule has 0 N–H and O–H groups in total. The summed E-state index contributed by atoms with van der Waals surface area (Å²) in [7, 11) is 1.91. The second kappa shape index (κ2) is 4.29. The Balaban J connectivity index is 1.98. The maximum absolute atomic E-state index is 5.72. The van der Waals surface area contributed by atoms with Crippen molar-refractivity contribution in [3.05, 3.63) is 21.9 Å². The van der Waals surface area contributed by atoms with Gasteiger partial charge in [-0.15, -0.1) is 21.5 Å². The number of halogens is 1. The molecule has 0 fully saturated rings. The number of thioether (sulfide) groups is 1. The van der Waals surface area contributed by atoms with Crippen molar-refractivity contribution in [2.45, 2.75) is 10.9 Å². The zero-order chi connectivity index (χ0) is 9.97. The number of aromatic nitrogens is 4. The smallest absolute Gasteiger partial charge is 0.191 e. The van der Waals surface area contributed by atoms with Crippen molar-refractivity contribution in [2.75, 3.05) is 0 Å². The van der Waals surface area contributed by atoms with Crippen molar-refractivity contribution in [2.24, 2.45) is 7.05 Å². The average molecular weight is 247 g/mol. The Bertz CT molecular complexity index is 425. The Morgan fingerprint density at radius 3 is 3.07 bits per heavy atom. The summed E-state index contributed by atoms with van der Waals surface area (Å²) in [5.41, 5.74) is 0.980. The molecular formula is C7H7ClN4S2. The van der Waals surface area contributed by atoms with E-state index in [1.165, 1.54) is 11.3 Å². The van der Waals surface area contributed by atoms with Crippen LogP contribution in [0.5, 0.6) is 0 Å². The van der Waals surface area contributed by atoms with Crippen molar-refractivity contribution >= 4 is 34.7 Å². The second-order valence-corrected chi connectivity index (χ2v) is 4.99. The molecule has 0 bridgehead atoms. The topological polar surface area (TPSA) is 43.6 Å². The molecule has 0 saturated carbocycles. The summed E-state index contributed by atoms with van der Waals surface area (Å²) in [5, 5.41) is 10.6. The summed E-state index contributed by atoms with van der Waals surface area (Å²) < 4.78 is 2.46. The maximum Gasteiger partial charge on any atom is 0.191 e. The van der Waals surface area contributed by atoms with Gasteiger partial charge in [-0.3, -0.25) is 0 Å². The maximum atomic E-state index is 5.72. The summed E-state index contributed by atoms with van der Waals surface area (Å²) >= 11 is 8.76. The highest BCUT2D eigenvalue weighted by atomic mass is 35.5. The van der Waals surface area contributed by atoms with Crippen molar-refractivity contribution in [3.8, 4) is 0 Å². The lowest BCUT2D eigenvalue weighted by Gasteiger charge is -1.96. The van der Waals surface area contributed by atoms with Crippen molar-refractivity contribution in [1.82, 2.24) is 19.7 Å². The zero-order valence-corrected chi connectivity index (χ0v) is 9.73. The van der Waals surface area contributed by atoms with Crippen LogP contribution in [0.1, 0.15) is 5.69 Å². The number of aryl methyl sites for hydroxylation is 1. The number of hydrogen-bond donors (Lipinski definition) is 0. The van der Waals surface area contributed by atoms with Crippen LogP contribution in [0.25, 0.3) is 0 Å². The van der Waals surface area contributed by atoms with E-state index in [9.17, 15) is 0 Å². The van der Waals surface area contributed by atoms with E-state index in [-0.39, 0.29) is 0 Å². The summed E-state index contributed by atoms with van der Waals surface area (Å²) in [5.74, 6) is 0.774. The summed E-state index contributed by atoms with van der Waals surface area (Å²) in [6.07, 6.45) is 1.68. The molecule has 0 saturated heterocycles. The summed E-state index contributed by atoms with van der Waals surface area (Å²) in [6.45, 7) is 0. The fourth-order valence-electron chi connectivity index (χ4n) is 0.890. The minimum Gasteiger partial charge on any atom is -0.312 e. The highest BCUT2D eigenvalue weighted by molar-refractivity contribution is 7.98. The molecule has 0 atom stereocenters. The van der Waals surface area contributed by atoms with Gasteiger partial charge in [0.1, 0.15) is 6.33 Å². The molecule has 0 unspecified atom stereocenters. The van der Waals surface area contributed by atoms with Gasteiger partial charge in [0.25, 0.3) is 0 Å². The summed E-state index contributed by atoms with van der Waals surface area (Å²) in [4.78, 5) is 4.15. The molecule has 7 heteroatoms. The molecule has 0 radical (unpaired) electrons. The molecule has 2 rings (SSSR count). The Morgan fingerprint density at radius 2 is 2.50 bits per heavy atom. The van der Waals surface area contributed by atoms with E-state index in [1.54, 1.807) is 18.1 Å². The lowest BCUT2D eigenvalue weighted by atomic mass is 10.6. The quantitative estimate of drug-likeness (QED) is 0.779. The minimum atomic E-state index is 0.582. The van der Waals surface area contributed by atoms with Crippen LogP contribution in [-0.2, 0) is 12.8 Å². The second-order valence-electron chi connectivity index (χ2n) is 2.60. The van der Waals surface area contributed by atoms with Crippen LogP contribution in [-0.4, -0.2) is 19.7 Å². The Labute approximate surface area is 94.3 Å². The van der Waals surface area contributed by atoms with E-state index in [0.29, 0.717) is 4.47 Å². The molecule has 2 aromatic rings. The van der Waals surface area contributed by atoms with Crippen LogP contribution >= 0.6 is 34.7 Å². The van der Waals surface area contributed by atoms with Gasteiger partial charge in [0.05, 0.1) is 5.69 Å². The van der Waals surface area contributed by atoms with Gasteiger partial charge in [-0.2, -0.15) is 0 Å². The SMILES string of the molecule is Cn1cnnc1SCc1csc(Cl)n1. The van der Waals surface area contributed by atoms with Crippen LogP contribution in [0.4, 0.5) is 0 Å². The highest BCUT2D eigenvalue weighted by Crippen LogP contribution is 2.22. The fourth-order valence-corrected chi connectivity index (χ4v) is 2.56. The van der Waals surface area contributed by atoms with Gasteiger partial charge in [-0.1, -0.05) is 23.4 Å². The van der Waals surface area contributed by atoms with Crippen LogP contribution in [0.15, 0.2) is 16.9 Å².